The summed E-state index contributed by atoms with van der Waals surface area (Å²) in [6.07, 6.45) is 3.82. The van der Waals surface area contributed by atoms with Gasteiger partial charge in [-0.15, -0.1) is 0 Å². The molecule has 0 N–H and O–H groups in total. The van der Waals surface area contributed by atoms with Gasteiger partial charge in [-0.1, -0.05) is 0 Å². The van der Waals surface area contributed by atoms with Crippen molar-refractivity contribution in [2.24, 2.45) is 0 Å². The van der Waals surface area contributed by atoms with Crippen LogP contribution in [0.4, 0.5) is 0 Å². The Morgan fingerprint density at radius 2 is 2.00 bits per heavy atom. The summed E-state index contributed by atoms with van der Waals surface area (Å²) < 4.78 is 5.64. The van der Waals surface area contributed by atoms with Crippen molar-refractivity contribution in [2.75, 3.05) is 6.54 Å². The number of nitrogens with zero attached hydrogens (tertiary/aromatic N) is 3. The van der Waals surface area contributed by atoms with Crippen molar-refractivity contribution in [3.05, 3.63) is 53.6 Å². The van der Waals surface area contributed by atoms with Gasteiger partial charge >= 0.3 is 0 Å². The first-order valence-corrected chi connectivity index (χ1v) is 8.42. The lowest BCUT2D eigenvalue weighted by molar-refractivity contribution is 0.0732. The van der Waals surface area contributed by atoms with E-state index in [9.17, 15) is 4.79 Å². The molecule has 1 aromatic carbocycles. The summed E-state index contributed by atoms with van der Waals surface area (Å²) in [5.74, 6) is 1.57. The normalized spacial score (nSPS) is 17.3. The maximum atomic E-state index is 12.9. The van der Waals surface area contributed by atoms with Crippen molar-refractivity contribution in [3.63, 3.8) is 0 Å². The van der Waals surface area contributed by atoms with Gasteiger partial charge in [0.25, 0.3) is 5.91 Å². The zero-order chi connectivity index (χ0) is 17.1. The number of aryl methyl sites for hydroxylation is 1. The molecule has 24 heavy (non-hydrogen) atoms. The van der Waals surface area contributed by atoms with Crippen LogP contribution in [-0.2, 0) is 0 Å². The van der Waals surface area contributed by atoms with Gasteiger partial charge in [-0.05, 0) is 63.9 Å². The third-order valence-electron chi connectivity index (χ3n) is 4.13. The Morgan fingerprint density at radius 1 is 1.25 bits per heavy atom. The molecular formula is C19H23N3O2. The molecule has 0 unspecified atom stereocenters. The highest BCUT2D eigenvalue weighted by molar-refractivity contribution is 5.94. The first-order valence-electron chi connectivity index (χ1n) is 8.42. The summed E-state index contributed by atoms with van der Waals surface area (Å²) in [6, 6.07) is 9.32. The zero-order valence-electron chi connectivity index (χ0n) is 14.4. The number of aromatic nitrogens is 2. The largest absolute Gasteiger partial charge is 0.491 e. The summed E-state index contributed by atoms with van der Waals surface area (Å²) in [5.41, 5.74) is 1.61. The number of benzene rings is 1. The Hall–Kier alpha value is -2.43. The van der Waals surface area contributed by atoms with E-state index in [1.54, 1.807) is 6.20 Å². The Balaban J connectivity index is 1.78. The van der Waals surface area contributed by atoms with E-state index in [0.717, 1.165) is 36.7 Å². The Morgan fingerprint density at radius 3 is 2.67 bits per heavy atom. The van der Waals surface area contributed by atoms with Crippen LogP contribution in [0.3, 0.4) is 0 Å². The zero-order valence-corrected chi connectivity index (χ0v) is 14.4. The standard InChI is InChI=1S/C19H23N3O2/c1-13(2)24-16-8-6-15(7-9-16)19(23)22-12-4-5-18(22)17-10-11-20-14(3)21-17/h6-11,13,18H,4-5,12H2,1-3H3/t18-/m1/s1. The smallest absolute Gasteiger partial charge is 0.254 e. The molecule has 126 valence electrons. The van der Waals surface area contributed by atoms with E-state index in [4.69, 9.17) is 4.74 Å². The van der Waals surface area contributed by atoms with Crippen molar-refractivity contribution in [1.29, 1.82) is 0 Å². The highest BCUT2D eigenvalue weighted by Crippen LogP contribution is 2.32. The molecular weight excluding hydrogens is 302 g/mol. The second-order valence-electron chi connectivity index (χ2n) is 6.38. The monoisotopic (exact) mass is 325 g/mol. The third kappa shape index (κ3) is 3.55. The minimum Gasteiger partial charge on any atom is -0.491 e. The molecule has 2 heterocycles. The van der Waals surface area contributed by atoms with E-state index in [2.05, 4.69) is 9.97 Å². The first-order chi connectivity index (χ1) is 11.5. The van der Waals surface area contributed by atoms with Gasteiger partial charge in [-0.2, -0.15) is 0 Å². The average Bonchev–Trinajstić information content (AvgIpc) is 3.04. The summed E-state index contributed by atoms with van der Waals surface area (Å²) in [6.45, 7) is 6.60. The molecule has 0 aliphatic carbocycles. The van der Waals surface area contributed by atoms with E-state index < -0.39 is 0 Å². The van der Waals surface area contributed by atoms with E-state index >= 15 is 0 Å². The number of hydrogen-bond donors (Lipinski definition) is 0. The van der Waals surface area contributed by atoms with Crippen LogP contribution in [-0.4, -0.2) is 33.4 Å². The highest BCUT2D eigenvalue weighted by Gasteiger charge is 2.31. The fourth-order valence-corrected chi connectivity index (χ4v) is 3.09. The van der Waals surface area contributed by atoms with Crippen molar-refractivity contribution in [2.45, 2.75) is 45.8 Å². The van der Waals surface area contributed by atoms with E-state index in [0.29, 0.717) is 5.56 Å². The third-order valence-corrected chi connectivity index (χ3v) is 4.13. The quantitative estimate of drug-likeness (QED) is 0.862. The molecule has 1 atom stereocenters. The van der Waals surface area contributed by atoms with Crippen LogP contribution in [0.5, 0.6) is 5.75 Å². The van der Waals surface area contributed by atoms with Crippen LogP contribution in [0.15, 0.2) is 36.5 Å². The topological polar surface area (TPSA) is 55.3 Å². The fourth-order valence-electron chi connectivity index (χ4n) is 3.09. The molecule has 2 aromatic rings. The summed E-state index contributed by atoms with van der Waals surface area (Å²) in [7, 11) is 0. The van der Waals surface area contributed by atoms with Crippen molar-refractivity contribution < 1.29 is 9.53 Å². The predicted molar refractivity (Wildman–Crippen MR) is 92.0 cm³/mol. The van der Waals surface area contributed by atoms with Gasteiger partial charge < -0.3 is 9.64 Å². The summed E-state index contributed by atoms with van der Waals surface area (Å²) in [5, 5.41) is 0. The van der Waals surface area contributed by atoms with Crippen LogP contribution in [0.1, 0.15) is 54.6 Å². The lowest BCUT2D eigenvalue weighted by Crippen LogP contribution is -2.31. The van der Waals surface area contributed by atoms with Crippen LogP contribution in [0, 0.1) is 6.92 Å². The Kier molecular flexibility index (Phi) is 4.79. The van der Waals surface area contributed by atoms with Crippen LogP contribution >= 0.6 is 0 Å². The number of amides is 1. The molecule has 3 rings (SSSR count). The molecule has 0 radical (unpaired) electrons. The molecule has 0 bridgehead atoms. The summed E-state index contributed by atoms with van der Waals surface area (Å²) in [4.78, 5) is 23.5. The van der Waals surface area contributed by atoms with Crippen molar-refractivity contribution >= 4 is 5.91 Å². The van der Waals surface area contributed by atoms with Crippen molar-refractivity contribution in [3.8, 4) is 5.75 Å². The average molecular weight is 325 g/mol. The van der Waals surface area contributed by atoms with Gasteiger partial charge in [0.05, 0.1) is 17.8 Å². The molecule has 1 fully saturated rings. The minimum absolute atomic E-state index is 0.0331. The molecule has 1 amide bonds. The van der Waals surface area contributed by atoms with Crippen LogP contribution in [0.25, 0.3) is 0 Å². The molecule has 0 saturated carbocycles. The number of hydrogen-bond acceptors (Lipinski definition) is 4. The summed E-state index contributed by atoms with van der Waals surface area (Å²) >= 11 is 0. The maximum absolute atomic E-state index is 12.9. The fraction of sp³-hybridized carbons (Fsp3) is 0.421. The van der Waals surface area contributed by atoms with E-state index in [1.165, 1.54) is 0 Å². The molecule has 0 spiro atoms. The minimum atomic E-state index is 0.0331. The maximum Gasteiger partial charge on any atom is 0.254 e. The van der Waals surface area contributed by atoms with Crippen molar-refractivity contribution in [1.82, 2.24) is 14.9 Å². The SMILES string of the molecule is Cc1nccc([C@H]2CCCN2C(=O)c2ccc(OC(C)C)cc2)n1. The van der Waals surface area contributed by atoms with Crippen LogP contribution in [0.2, 0.25) is 0 Å². The van der Waals surface area contributed by atoms with Gasteiger partial charge in [0.1, 0.15) is 11.6 Å². The van der Waals surface area contributed by atoms with E-state index in [1.807, 2.05) is 56.0 Å². The Labute approximate surface area is 142 Å². The molecule has 1 aromatic heterocycles. The second kappa shape index (κ2) is 6.99. The number of rotatable bonds is 4. The molecule has 1 saturated heterocycles. The number of carbonyl (C=O) groups is 1. The molecule has 5 nitrogen and oxygen atoms in total. The van der Waals surface area contributed by atoms with Gasteiger partial charge in [-0.25, -0.2) is 9.97 Å². The lowest BCUT2D eigenvalue weighted by atomic mass is 10.1. The van der Waals surface area contributed by atoms with Gasteiger partial charge in [-0.3, -0.25) is 4.79 Å². The van der Waals surface area contributed by atoms with E-state index in [-0.39, 0.29) is 18.1 Å². The van der Waals surface area contributed by atoms with Gasteiger partial charge in [0.15, 0.2) is 0 Å². The predicted octanol–water partition coefficient (Wildman–Crippen LogP) is 3.55. The second-order valence-corrected chi connectivity index (χ2v) is 6.38. The lowest BCUT2D eigenvalue weighted by Gasteiger charge is -2.24. The highest BCUT2D eigenvalue weighted by atomic mass is 16.5. The molecule has 5 heteroatoms. The number of likely N-dealkylation sites (tertiary alicyclic amines) is 1. The first kappa shape index (κ1) is 16.4. The molecule has 1 aliphatic heterocycles. The van der Waals surface area contributed by atoms with Crippen LogP contribution < -0.4 is 4.74 Å². The number of carbonyl (C=O) groups excluding carboxylic acids is 1. The Bertz CT molecular complexity index is 713. The molecule has 1 aliphatic rings. The number of ether oxygens (including phenoxy) is 1. The van der Waals surface area contributed by atoms with Gasteiger partial charge in [0.2, 0.25) is 0 Å². The van der Waals surface area contributed by atoms with Gasteiger partial charge in [0, 0.05) is 18.3 Å².